The molecule has 0 bridgehead atoms. The summed E-state index contributed by atoms with van der Waals surface area (Å²) in [5.74, 6) is 0.836. The van der Waals surface area contributed by atoms with Crippen molar-refractivity contribution in [3.8, 4) is 11.3 Å². The number of nitrogens with one attached hydrogen (secondary N) is 1. The van der Waals surface area contributed by atoms with Crippen LogP contribution in [0.3, 0.4) is 0 Å². The predicted molar refractivity (Wildman–Crippen MR) is 90.8 cm³/mol. The highest BCUT2D eigenvalue weighted by Gasteiger charge is 2.33. The summed E-state index contributed by atoms with van der Waals surface area (Å²) in [6, 6.07) is 10.0. The Hall–Kier alpha value is -2.14. The van der Waals surface area contributed by atoms with Crippen LogP contribution >= 0.6 is 0 Å². The van der Waals surface area contributed by atoms with Crippen molar-refractivity contribution in [3.63, 3.8) is 0 Å². The Kier molecular flexibility index (Phi) is 5.00. The number of halogens is 1. The Labute approximate surface area is 141 Å². The summed E-state index contributed by atoms with van der Waals surface area (Å²) in [5.41, 5.74) is 6.05. The molecule has 1 heterocycles. The number of hydrogen-bond acceptors (Lipinski definition) is 3. The van der Waals surface area contributed by atoms with Gasteiger partial charge in [-0.1, -0.05) is 25.0 Å². The summed E-state index contributed by atoms with van der Waals surface area (Å²) in [7, 11) is 0. The van der Waals surface area contributed by atoms with E-state index in [4.69, 9.17) is 10.2 Å². The number of furan rings is 1. The average Bonchev–Trinajstić information content (AvgIpc) is 3.23. The summed E-state index contributed by atoms with van der Waals surface area (Å²) < 4.78 is 19.4. The number of carbonyl (C=O) groups excluding carboxylic acids is 1. The Balaban J connectivity index is 1.58. The van der Waals surface area contributed by atoms with Gasteiger partial charge < -0.3 is 15.5 Å². The van der Waals surface area contributed by atoms with Gasteiger partial charge in [0.2, 0.25) is 5.91 Å². The van der Waals surface area contributed by atoms with E-state index in [1.165, 1.54) is 6.07 Å². The zero-order valence-corrected chi connectivity index (χ0v) is 13.7. The smallest absolute Gasteiger partial charge is 0.220 e. The minimum absolute atomic E-state index is 0.00816. The lowest BCUT2D eigenvalue weighted by Crippen LogP contribution is -2.51. The SMILES string of the molecule is NCC1(NC(=O)CCc2ccc(-c3ccccc3F)o2)CCCC1. The highest BCUT2D eigenvalue weighted by Crippen LogP contribution is 2.29. The highest BCUT2D eigenvalue weighted by molar-refractivity contribution is 5.77. The maximum absolute atomic E-state index is 13.8. The van der Waals surface area contributed by atoms with E-state index in [0.717, 1.165) is 25.7 Å². The fourth-order valence-electron chi connectivity index (χ4n) is 3.34. The Morgan fingerprint density at radius 1 is 1.21 bits per heavy atom. The summed E-state index contributed by atoms with van der Waals surface area (Å²) in [4.78, 5) is 12.2. The van der Waals surface area contributed by atoms with Crippen LogP contribution in [0.4, 0.5) is 4.39 Å². The third-order valence-corrected chi connectivity index (χ3v) is 4.76. The first-order chi connectivity index (χ1) is 11.6. The lowest BCUT2D eigenvalue weighted by atomic mass is 9.97. The largest absolute Gasteiger partial charge is 0.461 e. The van der Waals surface area contributed by atoms with Gasteiger partial charge in [0.1, 0.15) is 17.3 Å². The predicted octanol–water partition coefficient (Wildman–Crippen LogP) is 3.41. The molecule has 0 radical (unpaired) electrons. The molecule has 24 heavy (non-hydrogen) atoms. The number of carbonyl (C=O) groups is 1. The third-order valence-electron chi connectivity index (χ3n) is 4.76. The monoisotopic (exact) mass is 330 g/mol. The molecule has 1 aromatic heterocycles. The van der Waals surface area contributed by atoms with E-state index in [1.807, 2.05) is 0 Å². The van der Waals surface area contributed by atoms with E-state index in [-0.39, 0.29) is 17.3 Å². The molecular formula is C19H23FN2O2. The standard InChI is InChI=1S/C19H23FN2O2/c20-16-6-2-1-5-15(16)17-9-7-14(24-17)8-10-18(23)22-19(13-21)11-3-4-12-19/h1-2,5-7,9H,3-4,8,10-13,21H2,(H,22,23). The molecule has 2 aromatic rings. The lowest BCUT2D eigenvalue weighted by molar-refractivity contribution is -0.122. The molecule has 1 aromatic carbocycles. The first-order valence-electron chi connectivity index (χ1n) is 8.47. The second-order valence-electron chi connectivity index (χ2n) is 6.49. The van der Waals surface area contributed by atoms with Crippen molar-refractivity contribution in [2.75, 3.05) is 6.54 Å². The van der Waals surface area contributed by atoms with Gasteiger partial charge in [-0.3, -0.25) is 4.79 Å². The van der Waals surface area contributed by atoms with Crippen LogP contribution in [0, 0.1) is 5.82 Å². The van der Waals surface area contributed by atoms with Crippen molar-refractivity contribution in [3.05, 3.63) is 48.0 Å². The molecule has 0 spiro atoms. The van der Waals surface area contributed by atoms with Gasteiger partial charge in [-0.05, 0) is 37.1 Å². The molecule has 1 amide bonds. The van der Waals surface area contributed by atoms with Crippen LogP contribution in [-0.4, -0.2) is 18.0 Å². The lowest BCUT2D eigenvalue weighted by Gasteiger charge is -2.28. The minimum Gasteiger partial charge on any atom is -0.461 e. The maximum Gasteiger partial charge on any atom is 0.220 e. The van der Waals surface area contributed by atoms with Crippen molar-refractivity contribution in [2.45, 2.75) is 44.1 Å². The van der Waals surface area contributed by atoms with E-state index < -0.39 is 0 Å². The molecular weight excluding hydrogens is 307 g/mol. The van der Waals surface area contributed by atoms with Gasteiger partial charge >= 0.3 is 0 Å². The van der Waals surface area contributed by atoms with Crippen molar-refractivity contribution in [2.24, 2.45) is 5.73 Å². The number of nitrogens with two attached hydrogens (primary N) is 1. The molecule has 1 aliphatic rings. The molecule has 128 valence electrons. The molecule has 4 nitrogen and oxygen atoms in total. The van der Waals surface area contributed by atoms with E-state index in [0.29, 0.717) is 36.5 Å². The van der Waals surface area contributed by atoms with Gasteiger partial charge in [-0.15, -0.1) is 0 Å². The maximum atomic E-state index is 13.8. The summed E-state index contributed by atoms with van der Waals surface area (Å²) in [6.45, 7) is 0.483. The minimum atomic E-state index is -0.317. The third kappa shape index (κ3) is 3.67. The number of rotatable bonds is 6. The fraction of sp³-hybridized carbons (Fsp3) is 0.421. The van der Waals surface area contributed by atoms with Gasteiger partial charge in [0.25, 0.3) is 0 Å². The Morgan fingerprint density at radius 2 is 1.96 bits per heavy atom. The molecule has 5 heteroatoms. The van der Waals surface area contributed by atoms with Crippen molar-refractivity contribution < 1.29 is 13.6 Å². The van der Waals surface area contributed by atoms with E-state index in [2.05, 4.69) is 5.32 Å². The second-order valence-corrected chi connectivity index (χ2v) is 6.49. The fourth-order valence-corrected chi connectivity index (χ4v) is 3.34. The Bertz CT molecular complexity index is 705. The normalized spacial score (nSPS) is 16.2. The molecule has 0 aliphatic heterocycles. The van der Waals surface area contributed by atoms with Crippen LogP contribution in [0.1, 0.15) is 37.9 Å². The first kappa shape index (κ1) is 16.7. The van der Waals surface area contributed by atoms with Crippen LogP contribution in [-0.2, 0) is 11.2 Å². The van der Waals surface area contributed by atoms with Crippen molar-refractivity contribution in [1.82, 2.24) is 5.32 Å². The van der Waals surface area contributed by atoms with Crippen LogP contribution in [0.25, 0.3) is 11.3 Å². The van der Waals surface area contributed by atoms with Gasteiger partial charge in [0, 0.05) is 19.4 Å². The number of aryl methyl sites for hydroxylation is 1. The van der Waals surface area contributed by atoms with Crippen LogP contribution < -0.4 is 11.1 Å². The van der Waals surface area contributed by atoms with Gasteiger partial charge in [0.05, 0.1) is 11.1 Å². The van der Waals surface area contributed by atoms with Gasteiger partial charge in [-0.25, -0.2) is 4.39 Å². The van der Waals surface area contributed by atoms with Gasteiger partial charge in [0.15, 0.2) is 0 Å². The average molecular weight is 330 g/mol. The van der Waals surface area contributed by atoms with Crippen LogP contribution in [0.5, 0.6) is 0 Å². The number of benzene rings is 1. The zero-order valence-electron chi connectivity index (χ0n) is 13.7. The van der Waals surface area contributed by atoms with E-state index >= 15 is 0 Å². The van der Waals surface area contributed by atoms with Crippen LogP contribution in [0.2, 0.25) is 0 Å². The number of hydrogen-bond donors (Lipinski definition) is 2. The second kappa shape index (κ2) is 7.18. The van der Waals surface area contributed by atoms with Crippen molar-refractivity contribution >= 4 is 5.91 Å². The summed E-state index contributed by atoms with van der Waals surface area (Å²) in [6.07, 6.45) is 4.96. The molecule has 0 unspecified atom stereocenters. The molecule has 3 N–H and O–H groups in total. The zero-order chi connectivity index (χ0) is 17.0. The van der Waals surface area contributed by atoms with E-state index in [9.17, 15) is 9.18 Å². The van der Waals surface area contributed by atoms with E-state index in [1.54, 1.807) is 30.3 Å². The quantitative estimate of drug-likeness (QED) is 0.853. The summed E-state index contributed by atoms with van der Waals surface area (Å²) >= 11 is 0. The number of amides is 1. The molecule has 0 saturated heterocycles. The molecule has 1 saturated carbocycles. The highest BCUT2D eigenvalue weighted by atomic mass is 19.1. The van der Waals surface area contributed by atoms with Crippen molar-refractivity contribution in [1.29, 1.82) is 0 Å². The van der Waals surface area contributed by atoms with Gasteiger partial charge in [-0.2, -0.15) is 0 Å². The van der Waals surface area contributed by atoms with Crippen LogP contribution in [0.15, 0.2) is 40.8 Å². The molecule has 0 atom stereocenters. The summed E-state index contributed by atoms with van der Waals surface area (Å²) in [5, 5.41) is 3.09. The topological polar surface area (TPSA) is 68.3 Å². The molecule has 3 rings (SSSR count). The molecule has 1 aliphatic carbocycles. The Morgan fingerprint density at radius 3 is 2.67 bits per heavy atom. The molecule has 1 fully saturated rings. The first-order valence-corrected chi connectivity index (χ1v) is 8.47.